The quantitative estimate of drug-likeness (QED) is 0.733. The predicted octanol–water partition coefficient (Wildman–Crippen LogP) is 3.26. The summed E-state index contributed by atoms with van der Waals surface area (Å²) in [5.41, 5.74) is 1.49. The maximum Gasteiger partial charge on any atom is 0.356 e. The average molecular weight is 326 g/mol. The standard InChI is InChI=1S/C19H22N2O3/c1-13(15-6-4-3-5-7-15)21-12-20-10-18(21)19(23)24-11-17(14(2)22)16-8-9-16/h3-7,10,12-13,16-17H,8-9,11H2,1-2H3/t13-,17?/m1/s1. The molecule has 0 radical (unpaired) electrons. The first-order valence-electron chi connectivity index (χ1n) is 8.32. The average Bonchev–Trinajstić information content (AvgIpc) is 3.29. The Morgan fingerprint density at radius 3 is 2.62 bits per heavy atom. The molecule has 0 spiro atoms. The van der Waals surface area contributed by atoms with Gasteiger partial charge >= 0.3 is 5.97 Å². The number of imidazole rings is 1. The minimum absolute atomic E-state index is 0.0247. The Hall–Kier alpha value is -2.43. The Bertz CT molecular complexity index is 719. The number of Topliss-reactive ketones (excluding diaryl/α,β-unsaturated/α-hetero) is 1. The summed E-state index contributed by atoms with van der Waals surface area (Å²) in [6.07, 6.45) is 5.24. The summed E-state index contributed by atoms with van der Waals surface area (Å²) in [5.74, 6) is -0.126. The number of ether oxygens (including phenoxy) is 1. The van der Waals surface area contributed by atoms with Gasteiger partial charge in [0.2, 0.25) is 0 Å². The first-order valence-corrected chi connectivity index (χ1v) is 8.32. The normalized spacial score (nSPS) is 16.4. The molecule has 2 atom stereocenters. The van der Waals surface area contributed by atoms with E-state index >= 15 is 0 Å². The zero-order chi connectivity index (χ0) is 17.1. The second-order valence-corrected chi connectivity index (χ2v) is 6.43. The van der Waals surface area contributed by atoms with Crippen molar-refractivity contribution in [2.45, 2.75) is 32.7 Å². The second-order valence-electron chi connectivity index (χ2n) is 6.43. The molecule has 3 rings (SSSR count). The van der Waals surface area contributed by atoms with Crippen LogP contribution in [0.3, 0.4) is 0 Å². The third-order valence-corrected chi connectivity index (χ3v) is 4.68. The van der Waals surface area contributed by atoms with Gasteiger partial charge in [0, 0.05) is 0 Å². The Balaban J connectivity index is 1.70. The largest absolute Gasteiger partial charge is 0.460 e. The third-order valence-electron chi connectivity index (χ3n) is 4.68. The summed E-state index contributed by atoms with van der Waals surface area (Å²) in [6, 6.07) is 9.89. The fraction of sp³-hybridized carbons (Fsp3) is 0.421. The van der Waals surface area contributed by atoms with E-state index in [0.717, 1.165) is 18.4 Å². The van der Waals surface area contributed by atoms with Crippen molar-refractivity contribution in [2.75, 3.05) is 6.61 Å². The fourth-order valence-corrected chi connectivity index (χ4v) is 2.99. The van der Waals surface area contributed by atoms with Crippen LogP contribution in [-0.2, 0) is 9.53 Å². The van der Waals surface area contributed by atoms with E-state index < -0.39 is 5.97 Å². The molecule has 5 nitrogen and oxygen atoms in total. The number of nitrogens with zero attached hydrogens (tertiary/aromatic N) is 2. The Kier molecular flexibility index (Phi) is 4.79. The van der Waals surface area contributed by atoms with Gasteiger partial charge in [-0.15, -0.1) is 0 Å². The van der Waals surface area contributed by atoms with Gasteiger partial charge in [-0.25, -0.2) is 9.78 Å². The second kappa shape index (κ2) is 6.99. The molecule has 5 heteroatoms. The van der Waals surface area contributed by atoms with Crippen molar-refractivity contribution < 1.29 is 14.3 Å². The molecule has 1 fully saturated rings. The van der Waals surface area contributed by atoms with Gasteiger partial charge < -0.3 is 9.30 Å². The van der Waals surface area contributed by atoms with E-state index in [2.05, 4.69) is 4.98 Å². The van der Waals surface area contributed by atoms with Crippen LogP contribution in [0.1, 0.15) is 48.8 Å². The number of carbonyl (C=O) groups excluding carboxylic acids is 2. The summed E-state index contributed by atoms with van der Waals surface area (Å²) in [5, 5.41) is 0. The van der Waals surface area contributed by atoms with Gasteiger partial charge in [-0.05, 0) is 38.2 Å². The molecule has 1 aromatic heterocycles. The zero-order valence-corrected chi connectivity index (χ0v) is 14.0. The van der Waals surface area contributed by atoms with Crippen molar-refractivity contribution in [1.29, 1.82) is 0 Å². The maximum absolute atomic E-state index is 12.4. The molecule has 0 N–H and O–H groups in total. The number of hydrogen-bond donors (Lipinski definition) is 0. The van der Waals surface area contributed by atoms with Crippen molar-refractivity contribution in [2.24, 2.45) is 11.8 Å². The van der Waals surface area contributed by atoms with Crippen molar-refractivity contribution in [3.05, 3.63) is 54.1 Å². The van der Waals surface area contributed by atoms with Crippen molar-refractivity contribution in [3.8, 4) is 0 Å². The number of rotatable bonds is 7. The van der Waals surface area contributed by atoms with E-state index in [1.165, 1.54) is 6.20 Å². The number of aromatic nitrogens is 2. The summed E-state index contributed by atoms with van der Waals surface area (Å²) < 4.78 is 7.22. The minimum Gasteiger partial charge on any atom is -0.460 e. The highest BCUT2D eigenvalue weighted by Crippen LogP contribution is 2.37. The molecule has 1 saturated carbocycles. The number of benzene rings is 1. The smallest absolute Gasteiger partial charge is 0.356 e. The number of hydrogen-bond acceptors (Lipinski definition) is 4. The highest BCUT2D eigenvalue weighted by atomic mass is 16.5. The molecular formula is C19H22N2O3. The number of ketones is 1. The van der Waals surface area contributed by atoms with Crippen LogP contribution < -0.4 is 0 Å². The Morgan fingerprint density at radius 1 is 1.29 bits per heavy atom. The summed E-state index contributed by atoms with van der Waals surface area (Å²) in [4.78, 5) is 28.2. The molecule has 1 aliphatic rings. The topological polar surface area (TPSA) is 61.2 Å². The lowest BCUT2D eigenvalue weighted by atomic mass is 10.0. The molecule has 126 valence electrons. The molecule has 1 aliphatic carbocycles. The number of esters is 1. The van der Waals surface area contributed by atoms with Crippen LogP contribution in [0, 0.1) is 11.8 Å². The lowest BCUT2D eigenvalue weighted by Gasteiger charge is -2.17. The molecular weight excluding hydrogens is 304 g/mol. The van der Waals surface area contributed by atoms with Gasteiger partial charge in [-0.1, -0.05) is 30.3 Å². The van der Waals surface area contributed by atoms with E-state index in [4.69, 9.17) is 4.74 Å². The van der Waals surface area contributed by atoms with E-state index in [9.17, 15) is 9.59 Å². The minimum atomic E-state index is -0.429. The van der Waals surface area contributed by atoms with Crippen LogP contribution in [0.15, 0.2) is 42.9 Å². The van der Waals surface area contributed by atoms with Gasteiger partial charge in [-0.3, -0.25) is 4.79 Å². The number of carbonyl (C=O) groups is 2. The SMILES string of the molecule is CC(=O)C(COC(=O)c1cncn1[C@H](C)c1ccccc1)C1CC1. The van der Waals surface area contributed by atoms with Gasteiger partial charge in [-0.2, -0.15) is 0 Å². The Labute approximate surface area is 141 Å². The summed E-state index contributed by atoms with van der Waals surface area (Å²) >= 11 is 0. The highest BCUT2D eigenvalue weighted by Gasteiger charge is 2.35. The van der Waals surface area contributed by atoms with Crippen molar-refractivity contribution in [3.63, 3.8) is 0 Å². The van der Waals surface area contributed by atoms with Crippen LogP contribution in [0.2, 0.25) is 0 Å². The van der Waals surface area contributed by atoms with E-state index in [1.54, 1.807) is 17.8 Å². The van der Waals surface area contributed by atoms with Crippen LogP contribution in [0.25, 0.3) is 0 Å². The molecule has 0 aliphatic heterocycles. The lowest BCUT2D eigenvalue weighted by Crippen LogP contribution is -2.23. The highest BCUT2D eigenvalue weighted by molar-refractivity contribution is 5.88. The van der Waals surface area contributed by atoms with Gasteiger partial charge in [0.1, 0.15) is 18.1 Å². The molecule has 1 heterocycles. The predicted molar refractivity (Wildman–Crippen MR) is 89.7 cm³/mol. The molecule has 1 aromatic carbocycles. The van der Waals surface area contributed by atoms with Gasteiger partial charge in [0.15, 0.2) is 0 Å². The first-order chi connectivity index (χ1) is 11.6. The first kappa shape index (κ1) is 16.4. The van der Waals surface area contributed by atoms with Gasteiger partial charge in [0.05, 0.1) is 24.5 Å². The summed E-state index contributed by atoms with van der Waals surface area (Å²) in [7, 11) is 0. The van der Waals surface area contributed by atoms with Crippen LogP contribution in [-0.4, -0.2) is 27.9 Å². The molecule has 0 amide bonds. The summed E-state index contributed by atoms with van der Waals surface area (Å²) in [6.45, 7) is 3.73. The Morgan fingerprint density at radius 2 is 2.00 bits per heavy atom. The molecule has 0 bridgehead atoms. The van der Waals surface area contributed by atoms with Crippen molar-refractivity contribution in [1.82, 2.24) is 9.55 Å². The van der Waals surface area contributed by atoms with E-state index in [-0.39, 0.29) is 24.3 Å². The van der Waals surface area contributed by atoms with Crippen molar-refractivity contribution >= 4 is 11.8 Å². The molecule has 1 unspecified atom stereocenters. The molecule has 24 heavy (non-hydrogen) atoms. The van der Waals surface area contributed by atoms with Crippen LogP contribution in [0.5, 0.6) is 0 Å². The molecule has 2 aromatic rings. The van der Waals surface area contributed by atoms with E-state index in [0.29, 0.717) is 11.6 Å². The van der Waals surface area contributed by atoms with Crippen LogP contribution >= 0.6 is 0 Å². The van der Waals surface area contributed by atoms with Crippen LogP contribution in [0.4, 0.5) is 0 Å². The van der Waals surface area contributed by atoms with E-state index in [1.807, 2.05) is 37.3 Å². The fourth-order valence-electron chi connectivity index (χ4n) is 2.99. The maximum atomic E-state index is 12.4. The third kappa shape index (κ3) is 3.55. The zero-order valence-electron chi connectivity index (χ0n) is 14.0. The lowest BCUT2D eigenvalue weighted by molar-refractivity contribution is -0.122. The molecule has 0 saturated heterocycles. The van der Waals surface area contributed by atoms with Gasteiger partial charge in [0.25, 0.3) is 0 Å². The monoisotopic (exact) mass is 326 g/mol.